The fourth-order valence-electron chi connectivity index (χ4n) is 5.95. The Hall–Kier alpha value is -2.28. The van der Waals surface area contributed by atoms with E-state index in [1.165, 1.54) is 73.4 Å². The third-order valence-electron chi connectivity index (χ3n) is 7.89. The van der Waals surface area contributed by atoms with Crippen molar-refractivity contribution in [3.63, 3.8) is 0 Å². The van der Waals surface area contributed by atoms with Gasteiger partial charge in [-0.1, -0.05) is 88.6 Å². The number of rotatable bonds is 8. The molecule has 2 aromatic carbocycles. The summed E-state index contributed by atoms with van der Waals surface area (Å²) in [4.78, 5) is 0. The van der Waals surface area contributed by atoms with Crippen LogP contribution in [-0.4, -0.2) is 6.54 Å². The molecule has 0 amide bonds. The van der Waals surface area contributed by atoms with Gasteiger partial charge in [-0.15, -0.1) is 0 Å². The van der Waals surface area contributed by atoms with Crippen LogP contribution < -0.4 is 5.32 Å². The van der Waals surface area contributed by atoms with Crippen LogP contribution in [0.15, 0.2) is 71.3 Å². The van der Waals surface area contributed by atoms with Gasteiger partial charge in [0.05, 0.1) is 0 Å². The maximum atomic E-state index is 3.86. The summed E-state index contributed by atoms with van der Waals surface area (Å²) in [5.41, 5.74) is 7.65. The lowest BCUT2D eigenvalue weighted by Crippen LogP contribution is -2.28. The lowest BCUT2D eigenvalue weighted by atomic mass is 9.67. The van der Waals surface area contributed by atoms with Gasteiger partial charge in [0, 0.05) is 17.6 Å². The van der Waals surface area contributed by atoms with Gasteiger partial charge in [0.15, 0.2) is 0 Å². The lowest BCUT2D eigenvalue weighted by molar-refractivity contribution is 0.360. The Labute approximate surface area is 202 Å². The Morgan fingerprint density at radius 2 is 1.79 bits per heavy atom. The molecule has 0 bridgehead atoms. The first-order valence-electron chi connectivity index (χ1n) is 13.4. The Kier molecular flexibility index (Phi) is 7.78. The topological polar surface area (TPSA) is 12.0 Å². The van der Waals surface area contributed by atoms with Crippen molar-refractivity contribution >= 4 is 16.5 Å². The van der Waals surface area contributed by atoms with E-state index in [0.29, 0.717) is 5.92 Å². The van der Waals surface area contributed by atoms with Crippen LogP contribution in [0, 0.1) is 5.92 Å². The number of hydrogen-bond acceptors (Lipinski definition) is 1. The van der Waals surface area contributed by atoms with Crippen LogP contribution in [0.25, 0.3) is 10.8 Å². The second kappa shape index (κ2) is 10.8. The van der Waals surface area contributed by atoms with E-state index in [1.807, 2.05) is 0 Å². The van der Waals surface area contributed by atoms with Crippen LogP contribution in [0.3, 0.4) is 0 Å². The van der Waals surface area contributed by atoms with E-state index in [0.717, 1.165) is 13.0 Å². The molecule has 0 aliphatic heterocycles. The van der Waals surface area contributed by atoms with Crippen LogP contribution in [-0.2, 0) is 5.41 Å². The van der Waals surface area contributed by atoms with Gasteiger partial charge in [0.25, 0.3) is 0 Å². The van der Waals surface area contributed by atoms with Crippen molar-refractivity contribution in [3.05, 3.63) is 76.9 Å². The summed E-state index contributed by atoms with van der Waals surface area (Å²) in [5, 5.41) is 6.66. The van der Waals surface area contributed by atoms with Gasteiger partial charge in [0.2, 0.25) is 0 Å². The second-order valence-corrected chi connectivity index (χ2v) is 10.7. The first-order valence-corrected chi connectivity index (χ1v) is 13.4. The molecule has 4 rings (SSSR count). The van der Waals surface area contributed by atoms with Gasteiger partial charge < -0.3 is 5.32 Å². The number of hydrogen-bond donors (Lipinski definition) is 1. The summed E-state index contributed by atoms with van der Waals surface area (Å²) in [6.45, 7) is 10.2. The van der Waals surface area contributed by atoms with E-state index in [9.17, 15) is 0 Å². The van der Waals surface area contributed by atoms with Crippen LogP contribution in [0.4, 0.5) is 5.69 Å². The summed E-state index contributed by atoms with van der Waals surface area (Å²) >= 11 is 0. The molecular formula is C32H43N. The van der Waals surface area contributed by atoms with Gasteiger partial charge >= 0.3 is 0 Å². The first kappa shape index (κ1) is 23.9. The summed E-state index contributed by atoms with van der Waals surface area (Å²) in [6, 6.07) is 13.7. The number of benzene rings is 2. The average Bonchev–Trinajstić information content (AvgIpc) is 3.17. The highest BCUT2D eigenvalue weighted by Gasteiger charge is 2.35. The summed E-state index contributed by atoms with van der Waals surface area (Å²) in [7, 11) is 0. The largest absolute Gasteiger partial charge is 0.385 e. The first-order chi connectivity index (χ1) is 16.0. The molecule has 2 aliphatic rings. The number of allylic oxidation sites excluding steroid dienone is 6. The lowest BCUT2D eigenvalue weighted by Gasteiger charge is -2.38. The predicted molar refractivity (Wildman–Crippen MR) is 146 cm³/mol. The summed E-state index contributed by atoms with van der Waals surface area (Å²) < 4.78 is 0. The molecule has 2 aliphatic carbocycles. The fourth-order valence-corrected chi connectivity index (χ4v) is 5.95. The molecule has 1 fully saturated rings. The van der Waals surface area contributed by atoms with Crippen molar-refractivity contribution < 1.29 is 0 Å². The van der Waals surface area contributed by atoms with Crippen molar-refractivity contribution in [2.75, 3.05) is 11.9 Å². The van der Waals surface area contributed by atoms with E-state index >= 15 is 0 Å². The average molecular weight is 442 g/mol. The zero-order valence-electron chi connectivity index (χ0n) is 21.3. The Bertz CT molecular complexity index is 1040. The van der Waals surface area contributed by atoms with Crippen molar-refractivity contribution in [2.45, 2.75) is 90.9 Å². The number of nitrogens with one attached hydrogen (secondary N) is 1. The normalized spacial score (nSPS) is 20.0. The van der Waals surface area contributed by atoms with Crippen LogP contribution in [0.1, 0.15) is 91.0 Å². The molecule has 0 radical (unpaired) electrons. The molecule has 33 heavy (non-hydrogen) atoms. The van der Waals surface area contributed by atoms with Crippen LogP contribution >= 0.6 is 0 Å². The monoisotopic (exact) mass is 441 g/mol. The highest BCUT2D eigenvalue weighted by molar-refractivity contribution is 5.92. The molecular weight excluding hydrogens is 398 g/mol. The Morgan fingerprint density at radius 1 is 1.00 bits per heavy atom. The zero-order chi connectivity index (χ0) is 23.3. The maximum Gasteiger partial charge on any atom is 0.0388 e. The molecule has 1 saturated carbocycles. The van der Waals surface area contributed by atoms with E-state index in [-0.39, 0.29) is 5.41 Å². The molecule has 0 aromatic heterocycles. The SMILES string of the molecule is CC/C=C1\CCC(/C=C/C2(c3c(NCCC(C)C)ccc4ccccc34)CCCCC2)=C1C. The molecule has 176 valence electrons. The fraction of sp³-hybridized carbons (Fsp3) is 0.500. The maximum absolute atomic E-state index is 3.86. The van der Waals surface area contributed by atoms with Gasteiger partial charge in [0.1, 0.15) is 0 Å². The Morgan fingerprint density at radius 3 is 2.55 bits per heavy atom. The third-order valence-corrected chi connectivity index (χ3v) is 7.89. The van der Waals surface area contributed by atoms with Gasteiger partial charge in [-0.3, -0.25) is 0 Å². The molecule has 1 heteroatoms. The second-order valence-electron chi connectivity index (χ2n) is 10.7. The van der Waals surface area contributed by atoms with Crippen molar-refractivity contribution in [1.29, 1.82) is 0 Å². The highest BCUT2D eigenvalue weighted by Crippen LogP contribution is 2.47. The minimum absolute atomic E-state index is 0.115. The minimum Gasteiger partial charge on any atom is -0.385 e. The number of anilines is 1. The van der Waals surface area contributed by atoms with Crippen molar-refractivity contribution in [3.8, 4) is 0 Å². The van der Waals surface area contributed by atoms with Gasteiger partial charge in [-0.05, 0) is 90.5 Å². The third kappa shape index (κ3) is 5.29. The zero-order valence-corrected chi connectivity index (χ0v) is 21.3. The van der Waals surface area contributed by atoms with Crippen LogP contribution in [0.5, 0.6) is 0 Å². The molecule has 0 spiro atoms. The molecule has 0 unspecified atom stereocenters. The quantitative estimate of drug-likeness (QED) is 0.430. The van der Waals surface area contributed by atoms with E-state index in [2.05, 4.69) is 87.6 Å². The molecule has 1 nitrogen and oxygen atoms in total. The minimum atomic E-state index is 0.115. The van der Waals surface area contributed by atoms with Gasteiger partial charge in [-0.25, -0.2) is 0 Å². The van der Waals surface area contributed by atoms with E-state index in [4.69, 9.17) is 0 Å². The molecule has 2 aromatic rings. The molecule has 1 N–H and O–H groups in total. The van der Waals surface area contributed by atoms with E-state index in [1.54, 1.807) is 16.7 Å². The van der Waals surface area contributed by atoms with Crippen molar-refractivity contribution in [1.82, 2.24) is 0 Å². The standard InChI is InChI=1S/C32H43N/c1-5-11-26-14-15-27(25(26)4)18-22-32(20-9-6-10-21-32)31-29-13-8-7-12-28(29)16-17-30(31)33-23-19-24(2)3/h7-8,11-13,16-18,22,24,33H,5-6,9-10,14-15,19-21,23H2,1-4H3/b22-18+,26-11+. The highest BCUT2D eigenvalue weighted by atomic mass is 14.9. The van der Waals surface area contributed by atoms with Gasteiger partial charge in [-0.2, -0.15) is 0 Å². The van der Waals surface area contributed by atoms with Crippen LogP contribution in [0.2, 0.25) is 0 Å². The number of fused-ring (bicyclic) bond motifs is 1. The van der Waals surface area contributed by atoms with Crippen molar-refractivity contribution in [2.24, 2.45) is 5.92 Å². The molecule has 0 saturated heterocycles. The Balaban J connectivity index is 1.79. The summed E-state index contributed by atoms with van der Waals surface area (Å²) in [5.74, 6) is 0.715. The summed E-state index contributed by atoms with van der Waals surface area (Å²) in [6.07, 6.45) is 18.8. The molecule has 0 heterocycles. The molecule has 0 atom stereocenters. The smallest absolute Gasteiger partial charge is 0.0388 e. The van der Waals surface area contributed by atoms with E-state index < -0.39 is 0 Å². The predicted octanol–water partition coefficient (Wildman–Crippen LogP) is 9.50.